The maximum absolute atomic E-state index is 5.95. The van der Waals surface area contributed by atoms with Gasteiger partial charge in [0.05, 0.1) is 4.34 Å². The molecule has 0 aliphatic rings. The van der Waals surface area contributed by atoms with Gasteiger partial charge in [0.25, 0.3) is 0 Å². The first kappa shape index (κ1) is 15.6. The van der Waals surface area contributed by atoms with Crippen molar-refractivity contribution in [3.05, 3.63) is 57.2 Å². The van der Waals surface area contributed by atoms with Gasteiger partial charge in [0, 0.05) is 17.5 Å². The zero-order valence-corrected chi connectivity index (χ0v) is 13.9. The molecule has 0 spiro atoms. The summed E-state index contributed by atoms with van der Waals surface area (Å²) in [5.74, 6) is 0. The molecule has 0 fully saturated rings. The quantitative estimate of drug-likeness (QED) is 0.769. The van der Waals surface area contributed by atoms with Crippen LogP contribution in [0.2, 0.25) is 4.34 Å². The van der Waals surface area contributed by atoms with E-state index in [0.29, 0.717) is 6.04 Å². The van der Waals surface area contributed by atoms with E-state index in [-0.39, 0.29) is 5.41 Å². The zero-order chi connectivity index (χ0) is 14.6. The SMILES string of the molecule is CC(CC(C)(C)c1ccccc1)NCc1ccc(Cl)s1. The van der Waals surface area contributed by atoms with Crippen molar-refractivity contribution in [2.24, 2.45) is 0 Å². The van der Waals surface area contributed by atoms with Crippen LogP contribution in [0.1, 0.15) is 37.6 Å². The molecular weight excluding hydrogens is 286 g/mol. The highest BCUT2D eigenvalue weighted by Gasteiger charge is 2.22. The standard InChI is InChI=1S/C17H22ClNS/c1-13(19-12-15-9-10-16(18)20-15)11-17(2,3)14-7-5-4-6-8-14/h4-10,13,19H,11-12H2,1-3H3. The van der Waals surface area contributed by atoms with Crippen molar-refractivity contribution in [1.82, 2.24) is 5.32 Å². The lowest BCUT2D eigenvalue weighted by Gasteiger charge is -2.29. The van der Waals surface area contributed by atoms with Gasteiger partial charge in [0.1, 0.15) is 0 Å². The van der Waals surface area contributed by atoms with Crippen LogP contribution >= 0.6 is 22.9 Å². The summed E-state index contributed by atoms with van der Waals surface area (Å²) >= 11 is 7.60. The molecule has 1 unspecified atom stereocenters. The monoisotopic (exact) mass is 307 g/mol. The van der Waals surface area contributed by atoms with E-state index in [0.717, 1.165) is 17.3 Å². The molecule has 1 heterocycles. The molecule has 0 amide bonds. The minimum absolute atomic E-state index is 0.181. The number of benzene rings is 1. The van der Waals surface area contributed by atoms with Gasteiger partial charge in [0.2, 0.25) is 0 Å². The molecule has 2 aromatic rings. The number of hydrogen-bond donors (Lipinski definition) is 1. The van der Waals surface area contributed by atoms with Crippen molar-refractivity contribution in [3.8, 4) is 0 Å². The van der Waals surface area contributed by atoms with Crippen molar-refractivity contribution >= 4 is 22.9 Å². The van der Waals surface area contributed by atoms with E-state index in [4.69, 9.17) is 11.6 Å². The Hall–Kier alpha value is -0.830. The molecule has 0 radical (unpaired) electrons. The second-order valence-electron chi connectivity index (χ2n) is 5.94. The average Bonchev–Trinajstić information content (AvgIpc) is 2.83. The highest BCUT2D eigenvalue weighted by molar-refractivity contribution is 7.16. The molecule has 1 aromatic heterocycles. The lowest BCUT2D eigenvalue weighted by atomic mass is 9.79. The Morgan fingerprint density at radius 2 is 1.85 bits per heavy atom. The summed E-state index contributed by atoms with van der Waals surface area (Å²) in [6.07, 6.45) is 1.11. The molecule has 0 aliphatic carbocycles. The summed E-state index contributed by atoms with van der Waals surface area (Å²) in [7, 11) is 0. The Morgan fingerprint density at radius 3 is 2.45 bits per heavy atom. The minimum Gasteiger partial charge on any atom is -0.309 e. The smallest absolute Gasteiger partial charge is 0.0931 e. The second kappa shape index (κ2) is 6.75. The third kappa shape index (κ3) is 4.34. The van der Waals surface area contributed by atoms with Gasteiger partial charge in [-0.1, -0.05) is 55.8 Å². The third-order valence-electron chi connectivity index (χ3n) is 3.63. The van der Waals surface area contributed by atoms with Gasteiger partial charge in [-0.2, -0.15) is 0 Å². The van der Waals surface area contributed by atoms with Crippen molar-refractivity contribution in [2.45, 2.75) is 45.2 Å². The Balaban J connectivity index is 1.89. The van der Waals surface area contributed by atoms with Gasteiger partial charge in [0.15, 0.2) is 0 Å². The summed E-state index contributed by atoms with van der Waals surface area (Å²) in [5, 5.41) is 3.59. The number of thiophene rings is 1. The van der Waals surface area contributed by atoms with Crippen LogP contribution in [-0.4, -0.2) is 6.04 Å². The molecule has 0 saturated carbocycles. The molecule has 1 atom stereocenters. The van der Waals surface area contributed by atoms with Crippen LogP contribution < -0.4 is 5.32 Å². The summed E-state index contributed by atoms with van der Waals surface area (Å²) < 4.78 is 0.860. The van der Waals surface area contributed by atoms with E-state index in [1.54, 1.807) is 11.3 Å². The average molecular weight is 308 g/mol. The Kier molecular flexibility index (Phi) is 5.25. The molecule has 1 aromatic carbocycles. The van der Waals surface area contributed by atoms with Gasteiger partial charge < -0.3 is 5.32 Å². The number of hydrogen-bond acceptors (Lipinski definition) is 2. The van der Waals surface area contributed by atoms with Crippen LogP contribution in [0.4, 0.5) is 0 Å². The van der Waals surface area contributed by atoms with E-state index in [1.807, 2.05) is 6.07 Å². The van der Waals surface area contributed by atoms with Crippen LogP contribution in [0.5, 0.6) is 0 Å². The first-order chi connectivity index (χ1) is 9.47. The first-order valence-electron chi connectivity index (χ1n) is 7.00. The van der Waals surface area contributed by atoms with E-state index >= 15 is 0 Å². The van der Waals surface area contributed by atoms with Crippen LogP contribution in [0, 0.1) is 0 Å². The van der Waals surface area contributed by atoms with Gasteiger partial charge in [-0.25, -0.2) is 0 Å². The third-order valence-corrected chi connectivity index (χ3v) is 4.86. The molecular formula is C17H22ClNS. The van der Waals surface area contributed by atoms with E-state index in [1.165, 1.54) is 10.4 Å². The predicted octanol–water partition coefficient (Wildman–Crippen LogP) is 5.25. The van der Waals surface area contributed by atoms with Crippen molar-refractivity contribution in [2.75, 3.05) is 0 Å². The highest BCUT2D eigenvalue weighted by Crippen LogP contribution is 2.28. The predicted molar refractivity (Wildman–Crippen MR) is 89.7 cm³/mol. The zero-order valence-electron chi connectivity index (χ0n) is 12.3. The lowest BCUT2D eigenvalue weighted by Crippen LogP contribution is -2.32. The van der Waals surface area contributed by atoms with Crippen LogP contribution in [-0.2, 0) is 12.0 Å². The van der Waals surface area contributed by atoms with Gasteiger partial charge in [-0.3, -0.25) is 0 Å². The fourth-order valence-corrected chi connectivity index (χ4v) is 3.60. The van der Waals surface area contributed by atoms with Crippen LogP contribution in [0.25, 0.3) is 0 Å². The fourth-order valence-electron chi connectivity index (χ4n) is 2.57. The molecule has 3 heteroatoms. The minimum atomic E-state index is 0.181. The van der Waals surface area contributed by atoms with Crippen LogP contribution in [0.15, 0.2) is 42.5 Å². The molecule has 1 nitrogen and oxygen atoms in total. The first-order valence-corrected chi connectivity index (χ1v) is 8.20. The molecule has 0 aliphatic heterocycles. The maximum atomic E-state index is 5.95. The van der Waals surface area contributed by atoms with Gasteiger partial charge in [-0.15, -0.1) is 11.3 Å². The number of rotatable bonds is 6. The van der Waals surface area contributed by atoms with Crippen molar-refractivity contribution in [3.63, 3.8) is 0 Å². The topological polar surface area (TPSA) is 12.0 Å². The van der Waals surface area contributed by atoms with Gasteiger partial charge in [-0.05, 0) is 36.5 Å². The van der Waals surface area contributed by atoms with E-state index in [9.17, 15) is 0 Å². The second-order valence-corrected chi connectivity index (χ2v) is 7.74. The Morgan fingerprint density at radius 1 is 1.15 bits per heavy atom. The molecule has 0 bridgehead atoms. The normalized spacial score (nSPS) is 13.4. The molecule has 0 saturated heterocycles. The van der Waals surface area contributed by atoms with E-state index in [2.05, 4.69) is 62.5 Å². The number of halogens is 1. The van der Waals surface area contributed by atoms with Crippen LogP contribution in [0.3, 0.4) is 0 Å². The molecule has 2 rings (SSSR count). The maximum Gasteiger partial charge on any atom is 0.0931 e. The summed E-state index contributed by atoms with van der Waals surface area (Å²) in [6, 6.07) is 15.2. The molecule has 108 valence electrons. The number of nitrogens with one attached hydrogen (secondary N) is 1. The summed E-state index contributed by atoms with van der Waals surface area (Å²) in [4.78, 5) is 1.29. The van der Waals surface area contributed by atoms with Crippen molar-refractivity contribution in [1.29, 1.82) is 0 Å². The lowest BCUT2D eigenvalue weighted by molar-refractivity contribution is 0.389. The highest BCUT2D eigenvalue weighted by atomic mass is 35.5. The van der Waals surface area contributed by atoms with E-state index < -0.39 is 0 Å². The summed E-state index contributed by atoms with van der Waals surface area (Å²) in [6.45, 7) is 7.76. The molecule has 20 heavy (non-hydrogen) atoms. The van der Waals surface area contributed by atoms with Gasteiger partial charge >= 0.3 is 0 Å². The summed E-state index contributed by atoms with van der Waals surface area (Å²) in [5.41, 5.74) is 1.58. The van der Waals surface area contributed by atoms with Crippen molar-refractivity contribution < 1.29 is 0 Å². The Labute approximate surface area is 131 Å². The fraction of sp³-hybridized carbons (Fsp3) is 0.412. The largest absolute Gasteiger partial charge is 0.309 e. The molecule has 1 N–H and O–H groups in total. The Bertz CT molecular complexity index is 533.